The molecule has 2 N–H and O–H groups in total. The Morgan fingerprint density at radius 2 is 1.94 bits per heavy atom. The van der Waals surface area contributed by atoms with Crippen molar-refractivity contribution in [2.45, 2.75) is 6.42 Å². The monoisotopic (exact) mass is 245 g/mol. The van der Waals surface area contributed by atoms with E-state index in [0.717, 1.165) is 0 Å². The summed E-state index contributed by atoms with van der Waals surface area (Å²) in [6.45, 7) is 0.442. The molecule has 1 aromatic rings. The first-order chi connectivity index (χ1) is 7.40. The van der Waals surface area contributed by atoms with Gasteiger partial charge in [0.25, 0.3) is 10.1 Å². The third-order valence-electron chi connectivity index (χ3n) is 2.19. The number of para-hydroxylation sites is 2. The molecule has 0 aliphatic heterocycles. The van der Waals surface area contributed by atoms with Gasteiger partial charge in [-0.25, -0.2) is 0 Å². The minimum Gasteiger partial charge on any atom is -0.506 e. The molecular formula is C10H15NO4S. The van der Waals surface area contributed by atoms with Crippen molar-refractivity contribution < 1.29 is 18.1 Å². The van der Waals surface area contributed by atoms with Gasteiger partial charge < -0.3 is 10.0 Å². The number of benzene rings is 1. The van der Waals surface area contributed by atoms with Gasteiger partial charge in [0.15, 0.2) is 0 Å². The molecule has 0 spiro atoms. The van der Waals surface area contributed by atoms with Crippen LogP contribution in [-0.4, -0.2) is 37.4 Å². The van der Waals surface area contributed by atoms with Gasteiger partial charge in [0.1, 0.15) is 5.75 Å². The fourth-order valence-corrected chi connectivity index (χ4v) is 1.89. The molecule has 0 amide bonds. The predicted octanol–water partition coefficient (Wildman–Crippen LogP) is 1.11. The Morgan fingerprint density at radius 1 is 1.31 bits per heavy atom. The summed E-state index contributed by atoms with van der Waals surface area (Å²) in [6.07, 6.45) is 0.309. The van der Waals surface area contributed by atoms with Gasteiger partial charge in [-0.1, -0.05) is 12.1 Å². The van der Waals surface area contributed by atoms with E-state index in [1.165, 1.54) is 0 Å². The molecule has 0 unspecified atom stereocenters. The lowest BCUT2D eigenvalue weighted by Gasteiger charge is -2.19. The molecule has 0 aliphatic carbocycles. The van der Waals surface area contributed by atoms with Gasteiger partial charge in [-0.15, -0.1) is 0 Å². The molecule has 0 saturated carbocycles. The summed E-state index contributed by atoms with van der Waals surface area (Å²) in [5, 5.41) is 9.53. The number of nitrogens with zero attached hydrogens (tertiary/aromatic N) is 1. The molecule has 0 fully saturated rings. The topological polar surface area (TPSA) is 77.8 Å². The largest absolute Gasteiger partial charge is 0.506 e. The van der Waals surface area contributed by atoms with E-state index in [0.29, 0.717) is 18.7 Å². The molecule has 5 nitrogen and oxygen atoms in total. The van der Waals surface area contributed by atoms with Crippen LogP contribution in [0, 0.1) is 0 Å². The third-order valence-corrected chi connectivity index (χ3v) is 2.99. The summed E-state index contributed by atoms with van der Waals surface area (Å²) in [5.41, 5.74) is 0.637. The highest BCUT2D eigenvalue weighted by Crippen LogP contribution is 2.25. The van der Waals surface area contributed by atoms with Gasteiger partial charge in [-0.3, -0.25) is 4.55 Å². The number of phenolic OH excluding ortho intramolecular Hbond substituents is 1. The van der Waals surface area contributed by atoms with E-state index in [9.17, 15) is 13.5 Å². The van der Waals surface area contributed by atoms with E-state index in [1.54, 1.807) is 36.2 Å². The van der Waals surface area contributed by atoms with Crippen molar-refractivity contribution in [2.75, 3.05) is 24.2 Å². The van der Waals surface area contributed by atoms with Gasteiger partial charge in [0, 0.05) is 13.6 Å². The predicted molar refractivity (Wildman–Crippen MR) is 62.4 cm³/mol. The maximum Gasteiger partial charge on any atom is 0.264 e. The fraction of sp³-hybridized carbons (Fsp3) is 0.400. The zero-order chi connectivity index (χ0) is 12.2. The van der Waals surface area contributed by atoms with Crippen molar-refractivity contribution in [1.29, 1.82) is 0 Å². The first-order valence-electron chi connectivity index (χ1n) is 4.84. The van der Waals surface area contributed by atoms with Gasteiger partial charge in [-0.2, -0.15) is 8.42 Å². The van der Waals surface area contributed by atoms with Crippen LogP contribution in [0.3, 0.4) is 0 Å². The third kappa shape index (κ3) is 4.08. The maximum absolute atomic E-state index is 10.5. The molecule has 90 valence electrons. The summed E-state index contributed by atoms with van der Waals surface area (Å²) in [6, 6.07) is 6.80. The quantitative estimate of drug-likeness (QED) is 0.760. The average Bonchev–Trinajstić information content (AvgIpc) is 2.16. The lowest BCUT2D eigenvalue weighted by molar-refractivity contribution is 0.474. The van der Waals surface area contributed by atoms with Crippen LogP contribution in [0.25, 0.3) is 0 Å². The summed E-state index contributed by atoms with van der Waals surface area (Å²) < 4.78 is 29.6. The first-order valence-corrected chi connectivity index (χ1v) is 6.45. The Morgan fingerprint density at radius 3 is 2.50 bits per heavy atom. The molecule has 0 atom stereocenters. The van der Waals surface area contributed by atoms with Gasteiger partial charge in [0.2, 0.25) is 0 Å². The highest BCUT2D eigenvalue weighted by Gasteiger charge is 2.08. The Bertz CT molecular complexity index is 444. The molecule has 0 aromatic heterocycles. The molecule has 0 aliphatic rings. The number of hydrogen-bond acceptors (Lipinski definition) is 4. The number of rotatable bonds is 5. The van der Waals surface area contributed by atoms with Crippen molar-refractivity contribution in [3.63, 3.8) is 0 Å². The second-order valence-electron chi connectivity index (χ2n) is 3.55. The van der Waals surface area contributed by atoms with E-state index < -0.39 is 10.1 Å². The SMILES string of the molecule is CN(CCCS(=O)(=O)O)c1ccccc1O. The second-order valence-corrected chi connectivity index (χ2v) is 5.12. The van der Waals surface area contributed by atoms with Gasteiger partial charge >= 0.3 is 0 Å². The molecule has 0 heterocycles. The van der Waals surface area contributed by atoms with Crippen LogP contribution < -0.4 is 4.90 Å². The van der Waals surface area contributed by atoms with Crippen LogP contribution in [0.4, 0.5) is 5.69 Å². The fourth-order valence-electron chi connectivity index (χ4n) is 1.39. The molecule has 16 heavy (non-hydrogen) atoms. The van der Waals surface area contributed by atoms with Crippen LogP contribution in [0.5, 0.6) is 5.75 Å². The first kappa shape index (κ1) is 12.8. The maximum atomic E-state index is 10.5. The van der Waals surface area contributed by atoms with E-state index in [1.807, 2.05) is 0 Å². The van der Waals surface area contributed by atoms with Crippen LogP contribution in [0.2, 0.25) is 0 Å². The zero-order valence-electron chi connectivity index (χ0n) is 9.00. The Labute approximate surface area is 95.1 Å². The van der Waals surface area contributed by atoms with E-state index >= 15 is 0 Å². The molecule has 0 saturated heterocycles. The summed E-state index contributed by atoms with van der Waals surface area (Å²) >= 11 is 0. The minimum absolute atomic E-state index is 0.150. The molecule has 6 heteroatoms. The van der Waals surface area contributed by atoms with Crippen molar-refractivity contribution >= 4 is 15.8 Å². The van der Waals surface area contributed by atoms with Crippen LogP contribution in [-0.2, 0) is 10.1 Å². The van der Waals surface area contributed by atoms with Crippen molar-refractivity contribution in [3.8, 4) is 5.75 Å². The highest BCUT2D eigenvalue weighted by molar-refractivity contribution is 7.85. The van der Waals surface area contributed by atoms with Gasteiger partial charge in [0.05, 0.1) is 11.4 Å². The lowest BCUT2D eigenvalue weighted by Crippen LogP contribution is -2.21. The van der Waals surface area contributed by atoms with Crippen LogP contribution in [0.1, 0.15) is 6.42 Å². The van der Waals surface area contributed by atoms with E-state index in [-0.39, 0.29) is 11.5 Å². The number of anilines is 1. The standard InChI is InChI=1S/C10H15NO4S/c1-11(7-4-8-16(13,14)15)9-5-2-3-6-10(9)12/h2-3,5-6,12H,4,7-8H2,1H3,(H,13,14,15). The van der Waals surface area contributed by atoms with Gasteiger partial charge in [-0.05, 0) is 18.6 Å². The molecule has 0 radical (unpaired) electrons. The molecule has 0 bridgehead atoms. The normalized spacial score (nSPS) is 11.4. The Hall–Kier alpha value is -1.27. The molecule has 1 aromatic carbocycles. The molecular weight excluding hydrogens is 230 g/mol. The van der Waals surface area contributed by atoms with E-state index in [2.05, 4.69) is 0 Å². The summed E-state index contributed by atoms with van der Waals surface area (Å²) in [4.78, 5) is 1.74. The molecule has 1 rings (SSSR count). The Balaban J connectivity index is 2.54. The number of aromatic hydroxyl groups is 1. The Kier molecular flexibility index (Phi) is 4.14. The van der Waals surface area contributed by atoms with Crippen molar-refractivity contribution in [1.82, 2.24) is 0 Å². The van der Waals surface area contributed by atoms with E-state index in [4.69, 9.17) is 4.55 Å². The lowest BCUT2D eigenvalue weighted by atomic mass is 10.2. The zero-order valence-corrected chi connectivity index (χ0v) is 9.81. The number of hydrogen-bond donors (Lipinski definition) is 2. The van der Waals surface area contributed by atoms with Crippen LogP contribution in [0.15, 0.2) is 24.3 Å². The minimum atomic E-state index is -3.90. The number of phenols is 1. The smallest absolute Gasteiger partial charge is 0.264 e. The second kappa shape index (κ2) is 5.18. The van der Waals surface area contributed by atoms with Crippen molar-refractivity contribution in [3.05, 3.63) is 24.3 Å². The highest BCUT2D eigenvalue weighted by atomic mass is 32.2. The van der Waals surface area contributed by atoms with Crippen LogP contribution >= 0.6 is 0 Å². The van der Waals surface area contributed by atoms with Crippen molar-refractivity contribution in [2.24, 2.45) is 0 Å². The average molecular weight is 245 g/mol. The summed E-state index contributed by atoms with van der Waals surface area (Å²) in [7, 11) is -2.15. The summed E-state index contributed by atoms with van der Waals surface area (Å²) in [5.74, 6) is -0.123.